The number of hydrogen-bond acceptors (Lipinski definition) is 4. The lowest BCUT2D eigenvalue weighted by Gasteiger charge is -2.26. The monoisotopic (exact) mass is 306 g/mol. The Bertz CT molecular complexity index is 581. The molecular weight excluding hydrogens is 288 g/mol. The highest BCUT2D eigenvalue weighted by Gasteiger charge is 2.12. The van der Waals surface area contributed by atoms with E-state index in [4.69, 9.17) is 17.3 Å². The van der Waals surface area contributed by atoms with Gasteiger partial charge in [0, 0.05) is 35.1 Å². The number of aliphatic hydroxyl groups excluding tert-OH is 2. The summed E-state index contributed by atoms with van der Waals surface area (Å²) in [6, 6.07) is 13.1. The maximum Gasteiger partial charge on any atom is 0.0606 e. The van der Waals surface area contributed by atoms with Gasteiger partial charge in [-0.2, -0.15) is 0 Å². The number of nitrogens with zero attached hydrogens (tertiary/aromatic N) is 1. The van der Waals surface area contributed by atoms with E-state index < -0.39 is 0 Å². The number of aliphatic hydroxyl groups is 2. The predicted octanol–water partition coefficient (Wildman–Crippen LogP) is 2.38. The van der Waals surface area contributed by atoms with Crippen molar-refractivity contribution >= 4 is 23.0 Å². The lowest BCUT2D eigenvalue weighted by Crippen LogP contribution is -2.30. The normalized spacial score (nSPS) is 10.6. The van der Waals surface area contributed by atoms with E-state index in [0.717, 1.165) is 16.8 Å². The standard InChI is InChI=1S/C16H19ClN2O2/c17-13-3-1-12(2-4-13)15-11-14(18)5-6-16(15)19(7-9-20)8-10-21/h1-6,11,20-21H,7-10,18H2. The van der Waals surface area contributed by atoms with E-state index in [0.29, 0.717) is 23.8 Å². The van der Waals surface area contributed by atoms with Crippen LogP contribution in [-0.2, 0) is 0 Å². The molecule has 2 rings (SSSR count). The molecule has 0 aromatic heterocycles. The molecule has 4 nitrogen and oxygen atoms in total. The van der Waals surface area contributed by atoms with Crippen molar-refractivity contribution in [3.63, 3.8) is 0 Å². The molecule has 0 amide bonds. The van der Waals surface area contributed by atoms with Crippen LogP contribution in [0.3, 0.4) is 0 Å². The van der Waals surface area contributed by atoms with Crippen molar-refractivity contribution in [1.29, 1.82) is 0 Å². The minimum absolute atomic E-state index is 0.0183. The van der Waals surface area contributed by atoms with Gasteiger partial charge in [0.2, 0.25) is 0 Å². The quantitative estimate of drug-likeness (QED) is 0.717. The van der Waals surface area contributed by atoms with Crippen LogP contribution in [0.15, 0.2) is 42.5 Å². The van der Waals surface area contributed by atoms with Crippen molar-refractivity contribution in [3.8, 4) is 11.1 Å². The summed E-state index contributed by atoms with van der Waals surface area (Å²) in [6.07, 6.45) is 0. The molecule has 2 aromatic rings. The van der Waals surface area contributed by atoms with Gasteiger partial charge in [-0.3, -0.25) is 0 Å². The van der Waals surface area contributed by atoms with Crippen LogP contribution in [0.1, 0.15) is 0 Å². The second kappa shape index (κ2) is 7.31. The van der Waals surface area contributed by atoms with Gasteiger partial charge in [-0.15, -0.1) is 0 Å². The zero-order valence-corrected chi connectivity index (χ0v) is 12.4. The fourth-order valence-corrected chi connectivity index (χ4v) is 2.41. The summed E-state index contributed by atoms with van der Waals surface area (Å²) in [7, 11) is 0. The topological polar surface area (TPSA) is 69.7 Å². The Morgan fingerprint density at radius 3 is 2.14 bits per heavy atom. The van der Waals surface area contributed by atoms with E-state index in [1.807, 2.05) is 47.4 Å². The Labute approximate surface area is 129 Å². The maximum absolute atomic E-state index is 9.21. The molecule has 0 fully saturated rings. The Hall–Kier alpha value is -1.75. The molecule has 5 heteroatoms. The van der Waals surface area contributed by atoms with Gasteiger partial charge < -0.3 is 20.8 Å². The average Bonchev–Trinajstić information content (AvgIpc) is 2.48. The summed E-state index contributed by atoms with van der Waals surface area (Å²) >= 11 is 5.93. The second-order valence-electron chi connectivity index (χ2n) is 4.72. The zero-order chi connectivity index (χ0) is 15.2. The largest absolute Gasteiger partial charge is 0.399 e. The summed E-state index contributed by atoms with van der Waals surface area (Å²) in [5.41, 5.74) is 9.43. The van der Waals surface area contributed by atoms with E-state index in [1.54, 1.807) is 0 Å². The van der Waals surface area contributed by atoms with Crippen molar-refractivity contribution in [2.45, 2.75) is 0 Å². The van der Waals surface area contributed by atoms with Gasteiger partial charge in [0.1, 0.15) is 0 Å². The number of nitrogen functional groups attached to an aromatic ring is 1. The lowest BCUT2D eigenvalue weighted by atomic mass is 10.0. The summed E-state index contributed by atoms with van der Waals surface area (Å²) in [5.74, 6) is 0. The Morgan fingerprint density at radius 2 is 1.57 bits per heavy atom. The summed E-state index contributed by atoms with van der Waals surface area (Å²) in [4.78, 5) is 1.93. The Balaban J connectivity index is 2.47. The first-order valence-corrected chi connectivity index (χ1v) is 7.15. The smallest absolute Gasteiger partial charge is 0.0606 e. The molecule has 0 saturated carbocycles. The van der Waals surface area contributed by atoms with Crippen molar-refractivity contribution in [2.24, 2.45) is 0 Å². The fraction of sp³-hybridized carbons (Fsp3) is 0.250. The van der Waals surface area contributed by atoms with E-state index in [-0.39, 0.29) is 13.2 Å². The van der Waals surface area contributed by atoms with Gasteiger partial charge in [-0.25, -0.2) is 0 Å². The van der Waals surface area contributed by atoms with Gasteiger partial charge in [-0.05, 0) is 35.9 Å². The molecule has 0 radical (unpaired) electrons. The molecule has 0 aliphatic rings. The Morgan fingerprint density at radius 1 is 0.952 bits per heavy atom. The number of benzene rings is 2. The van der Waals surface area contributed by atoms with Crippen LogP contribution in [0, 0.1) is 0 Å². The van der Waals surface area contributed by atoms with Crippen LogP contribution in [-0.4, -0.2) is 36.5 Å². The maximum atomic E-state index is 9.21. The van der Waals surface area contributed by atoms with Gasteiger partial charge in [0.05, 0.1) is 13.2 Å². The highest BCUT2D eigenvalue weighted by Crippen LogP contribution is 2.33. The van der Waals surface area contributed by atoms with Gasteiger partial charge in [0.25, 0.3) is 0 Å². The van der Waals surface area contributed by atoms with E-state index in [9.17, 15) is 10.2 Å². The van der Waals surface area contributed by atoms with Crippen LogP contribution in [0.25, 0.3) is 11.1 Å². The van der Waals surface area contributed by atoms with Crippen LogP contribution in [0.4, 0.5) is 11.4 Å². The first-order valence-electron chi connectivity index (χ1n) is 6.78. The molecule has 4 N–H and O–H groups in total. The predicted molar refractivity (Wildman–Crippen MR) is 87.7 cm³/mol. The number of anilines is 2. The average molecular weight is 307 g/mol. The van der Waals surface area contributed by atoms with E-state index in [1.165, 1.54) is 0 Å². The number of nitrogens with two attached hydrogens (primary N) is 1. The lowest BCUT2D eigenvalue weighted by molar-refractivity contribution is 0.281. The van der Waals surface area contributed by atoms with Gasteiger partial charge >= 0.3 is 0 Å². The SMILES string of the molecule is Nc1ccc(N(CCO)CCO)c(-c2ccc(Cl)cc2)c1. The Kier molecular flexibility index (Phi) is 5.44. The van der Waals surface area contributed by atoms with Crippen molar-refractivity contribution in [2.75, 3.05) is 36.9 Å². The molecule has 0 bridgehead atoms. The minimum atomic E-state index is 0.0183. The zero-order valence-electron chi connectivity index (χ0n) is 11.7. The highest BCUT2D eigenvalue weighted by molar-refractivity contribution is 6.30. The third kappa shape index (κ3) is 3.88. The second-order valence-corrected chi connectivity index (χ2v) is 5.15. The van der Waals surface area contributed by atoms with Crippen LogP contribution in [0.5, 0.6) is 0 Å². The van der Waals surface area contributed by atoms with E-state index in [2.05, 4.69) is 0 Å². The van der Waals surface area contributed by atoms with Crippen LogP contribution >= 0.6 is 11.6 Å². The molecule has 2 aromatic carbocycles. The first kappa shape index (κ1) is 15.6. The molecule has 0 aliphatic heterocycles. The molecule has 0 spiro atoms. The molecule has 0 heterocycles. The molecule has 0 aliphatic carbocycles. The van der Waals surface area contributed by atoms with E-state index >= 15 is 0 Å². The molecule has 0 atom stereocenters. The molecule has 0 unspecified atom stereocenters. The van der Waals surface area contributed by atoms with Crippen molar-refractivity contribution in [3.05, 3.63) is 47.5 Å². The van der Waals surface area contributed by atoms with Crippen LogP contribution < -0.4 is 10.6 Å². The van der Waals surface area contributed by atoms with Gasteiger partial charge in [-0.1, -0.05) is 23.7 Å². The fourth-order valence-electron chi connectivity index (χ4n) is 2.28. The minimum Gasteiger partial charge on any atom is -0.399 e. The van der Waals surface area contributed by atoms with Gasteiger partial charge in [0.15, 0.2) is 0 Å². The molecule has 112 valence electrons. The summed E-state index contributed by atoms with van der Waals surface area (Å²) in [5, 5.41) is 19.1. The molecule has 0 saturated heterocycles. The molecular formula is C16H19ClN2O2. The number of rotatable bonds is 6. The summed E-state index contributed by atoms with van der Waals surface area (Å²) < 4.78 is 0. The number of hydrogen-bond donors (Lipinski definition) is 3. The number of halogens is 1. The van der Waals surface area contributed by atoms with Crippen LogP contribution in [0.2, 0.25) is 5.02 Å². The first-order chi connectivity index (χ1) is 10.2. The third-order valence-electron chi connectivity index (χ3n) is 3.26. The van der Waals surface area contributed by atoms with Crippen molar-refractivity contribution < 1.29 is 10.2 Å². The third-order valence-corrected chi connectivity index (χ3v) is 3.51. The summed E-state index contributed by atoms with van der Waals surface area (Å²) in [6.45, 7) is 0.936. The highest BCUT2D eigenvalue weighted by atomic mass is 35.5. The molecule has 21 heavy (non-hydrogen) atoms. The van der Waals surface area contributed by atoms with Crippen molar-refractivity contribution in [1.82, 2.24) is 0 Å².